The van der Waals surface area contributed by atoms with Gasteiger partial charge >= 0.3 is 15.0 Å². The lowest BCUT2D eigenvalue weighted by molar-refractivity contribution is -0.111. The van der Waals surface area contributed by atoms with Gasteiger partial charge < -0.3 is 40.2 Å². The molecule has 3 aliphatic rings. The van der Waals surface area contributed by atoms with Crippen molar-refractivity contribution in [2.45, 2.75) is 55.5 Å². The molecule has 2 aromatic rings. The van der Waals surface area contributed by atoms with Gasteiger partial charge in [0.05, 0.1) is 19.3 Å². The Kier molecular flexibility index (Phi) is 7.78. The van der Waals surface area contributed by atoms with E-state index in [1.807, 2.05) is 0 Å². The third kappa shape index (κ3) is 5.08. The topological polar surface area (TPSA) is 230 Å². The van der Waals surface area contributed by atoms with E-state index >= 15 is 0 Å². The molecular formula is C18H26N7O10P2S+. The van der Waals surface area contributed by atoms with Gasteiger partial charge in [0.15, 0.2) is 30.0 Å². The van der Waals surface area contributed by atoms with E-state index in [9.17, 15) is 14.6 Å². The van der Waals surface area contributed by atoms with Crippen molar-refractivity contribution in [1.82, 2.24) is 19.5 Å². The first-order valence-electron chi connectivity index (χ1n) is 11.2. The minimum Gasteiger partial charge on any atom is -0.390 e. The van der Waals surface area contributed by atoms with Crippen LogP contribution in [0.2, 0.25) is 0 Å². The van der Waals surface area contributed by atoms with Crippen molar-refractivity contribution in [1.29, 1.82) is 0 Å². The van der Waals surface area contributed by atoms with E-state index in [-0.39, 0.29) is 12.4 Å². The van der Waals surface area contributed by atoms with Crippen molar-refractivity contribution in [2.75, 3.05) is 26.1 Å². The smallest absolute Gasteiger partial charge is 0.390 e. The SMILES string of the molecule is CO[C@H]1[C@H](n2cnc3c(N)ncnc32)O[C@]2(C)CO[P+](=O)O[C@@H]3[C@H](O)[C@@H](COP(O)(=S)O[C@@H]12)O[C@H]3N=CN. The van der Waals surface area contributed by atoms with Gasteiger partial charge in [-0.2, -0.15) is 0 Å². The third-order valence-corrected chi connectivity index (χ3v) is 8.66. The first-order valence-corrected chi connectivity index (χ1v) is 14.9. The Morgan fingerprint density at radius 2 is 2.21 bits per heavy atom. The summed E-state index contributed by atoms with van der Waals surface area (Å²) in [5, 5.41) is 10.6. The van der Waals surface area contributed by atoms with Crippen molar-refractivity contribution in [3.8, 4) is 0 Å². The number of nitrogens with zero attached hydrogens (tertiary/aromatic N) is 5. The summed E-state index contributed by atoms with van der Waals surface area (Å²) in [6.07, 6.45) is -4.01. The van der Waals surface area contributed by atoms with Gasteiger partial charge in [-0.25, -0.2) is 19.9 Å². The standard InChI is InChI=1S/C18H25N7O10P2S/c1-18-4-30-36(27)34-11-10(26)8(32-16(11)21-5-19)3-31-37(28,38)35-13(18)12(29-2)17(33-18)25-7-24-9-14(20)22-6-23-15(9)25/h5-8,10-13,16-17,26H,3-4H2,1-2H3,(H4-,19,20,21,22,23,28,38)/p+1/t8-,10-,11-,12-,13+,16-,17-,18-,37?/m1/s1. The number of anilines is 1. The highest BCUT2D eigenvalue weighted by atomic mass is 32.5. The number of ether oxygens (including phenoxy) is 3. The normalized spacial score (nSPS) is 41.6. The molecule has 2 bridgehead atoms. The van der Waals surface area contributed by atoms with Gasteiger partial charge in [0.2, 0.25) is 0 Å². The Bertz CT molecular complexity index is 1290. The van der Waals surface area contributed by atoms with Crippen molar-refractivity contribution in [2.24, 2.45) is 10.7 Å². The molecule has 6 N–H and O–H groups in total. The first-order chi connectivity index (χ1) is 18.1. The molecule has 3 saturated heterocycles. The minimum absolute atomic E-state index is 0.166. The Morgan fingerprint density at radius 3 is 2.95 bits per heavy atom. The van der Waals surface area contributed by atoms with Crippen LogP contribution >= 0.6 is 15.0 Å². The van der Waals surface area contributed by atoms with Crippen LogP contribution in [0.3, 0.4) is 0 Å². The van der Waals surface area contributed by atoms with Crippen LogP contribution in [0.1, 0.15) is 13.2 Å². The lowest BCUT2D eigenvalue weighted by atomic mass is 9.98. The average Bonchev–Trinajstić information content (AvgIpc) is 3.51. The van der Waals surface area contributed by atoms with Crippen LogP contribution in [0.15, 0.2) is 17.6 Å². The van der Waals surface area contributed by atoms with Crippen molar-refractivity contribution >= 4 is 50.1 Å². The van der Waals surface area contributed by atoms with Gasteiger partial charge in [-0.15, -0.1) is 9.05 Å². The van der Waals surface area contributed by atoms with Crippen LogP contribution in [-0.2, 0) is 48.7 Å². The van der Waals surface area contributed by atoms with Gasteiger partial charge in [0.25, 0.3) is 0 Å². The number of aliphatic hydroxyl groups is 1. The largest absolute Gasteiger partial charge is 0.698 e. The molecule has 3 aliphatic heterocycles. The predicted octanol–water partition coefficient (Wildman–Crippen LogP) is -0.525. The number of nitrogens with two attached hydrogens (primary N) is 2. The van der Waals surface area contributed by atoms with Crippen LogP contribution in [0, 0.1) is 0 Å². The monoisotopic (exact) mass is 594 g/mol. The number of aromatic nitrogens is 4. The van der Waals surface area contributed by atoms with E-state index in [4.69, 9.17) is 55.6 Å². The molecule has 5 rings (SSSR count). The highest BCUT2D eigenvalue weighted by Crippen LogP contribution is 2.53. The van der Waals surface area contributed by atoms with Crippen LogP contribution in [0.4, 0.5) is 5.82 Å². The number of hydrogen-bond acceptors (Lipinski definition) is 15. The lowest BCUT2D eigenvalue weighted by Crippen LogP contribution is -2.46. The summed E-state index contributed by atoms with van der Waals surface area (Å²) in [5.74, 6) is 0.166. The number of fused-ring (bicyclic) bond motifs is 4. The molecule has 38 heavy (non-hydrogen) atoms. The predicted molar refractivity (Wildman–Crippen MR) is 132 cm³/mol. The summed E-state index contributed by atoms with van der Waals surface area (Å²) in [6.45, 7) is -3.18. The van der Waals surface area contributed by atoms with E-state index < -0.39 is 70.2 Å². The van der Waals surface area contributed by atoms with Crippen molar-refractivity contribution in [3.05, 3.63) is 12.7 Å². The summed E-state index contributed by atoms with van der Waals surface area (Å²) in [6, 6.07) is 0. The zero-order valence-corrected chi connectivity index (χ0v) is 22.6. The highest BCUT2D eigenvalue weighted by Gasteiger charge is 2.59. The van der Waals surface area contributed by atoms with E-state index in [0.29, 0.717) is 11.2 Å². The molecule has 20 heteroatoms. The van der Waals surface area contributed by atoms with Crippen LogP contribution in [-0.4, -0.2) is 98.5 Å². The zero-order chi connectivity index (χ0) is 27.2. The fourth-order valence-electron chi connectivity index (χ4n) is 4.53. The van der Waals surface area contributed by atoms with E-state index in [2.05, 4.69) is 19.9 Å². The van der Waals surface area contributed by atoms with Gasteiger partial charge in [0, 0.05) is 11.7 Å². The second kappa shape index (κ2) is 10.6. The van der Waals surface area contributed by atoms with E-state index in [1.165, 1.54) is 19.8 Å². The Morgan fingerprint density at radius 1 is 1.42 bits per heavy atom. The number of aliphatic imine (C=N–C) groups is 1. The Labute approximate surface area is 221 Å². The molecular weight excluding hydrogens is 568 g/mol. The number of hydrogen-bond donors (Lipinski definition) is 4. The molecule has 208 valence electrons. The second-order valence-corrected chi connectivity index (χ2v) is 12.5. The molecule has 0 aliphatic carbocycles. The summed E-state index contributed by atoms with van der Waals surface area (Å²) >= 11 is 5.26. The maximum atomic E-state index is 12.8. The average molecular weight is 594 g/mol. The number of nitrogen functional groups attached to an aromatic ring is 1. The molecule has 2 aromatic heterocycles. The quantitative estimate of drug-likeness (QED) is 0.199. The fourth-order valence-corrected chi connectivity index (χ4v) is 6.87. The van der Waals surface area contributed by atoms with Crippen molar-refractivity contribution in [3.63, 3.8) is 0 Å². The lowest BCUT2D eigenvalue weighted by Gasteiger charge is -2.31. The molecule has 5 heterocycles. The highest BCUT2D eigenvalue weighted by molar-refractivity contribution is 8.07. The molecule has 3 fully saturated rings. The molecule has 0 radical (unpaired) electrons. The molecule has 0 amide bonds. The van der Waals surface area contributed by atoms with Crippen molar-refractivity contribution < 1.29 is 46.9 Å². The number of aliphatic hydroxyl groups excluding tert-OH is 1. The molecule has 0 spiro atoms. The number of rotatable bonds is 3. The third-order valence-electron chi connectivity index (χ3n) is 6.36. The maximum absolute atomic E-state index is 12.8. The molecule has 17 nitrogen and oxygen atoms in total. The number of methoxy groups -OCH3 is 1. The van der Waals surface area contributed by atoms with E-state index in [1.54, 1.807) is 11.5 Å². The summed E-state index contributed by atoms with van der Waals surface area (Å²) in [4.78, 5) is 27.3. The van der Waals surface area contributed by atoms with Gasteiger partial charge in [0.1, 0.15) is 48.5 Å². The van der Waals surface area contributed by atoms with Gasteiger partial charge in [-0.1, -0.05) is 0 Å². The van der Waals surface area contributed by atoms with Gasteiger partial charge in [-0.05, 0) is 18.7 Å². The molecule has 10 atom stereocenters. The Balaban J connectivity index is 1.49. The second-order valence-electron chi connectivity index (χ2n) is 8.82. The van der Waals surface area contributed by atoms with E-state index in [0.717, 1.165) is 6.34 Å². The fraction of sp³-hybridized carbons (Fsp3) is 0.667. The van der Waals surface area contributed by atoms with Crippen LogP contribution in [0.5, 0.6) is 0 Å². The van der Waals surface area contributed by atoms with Crippen LogP contribution < -0.4 is 11.5 Å². The summed E-state index contributed by atoms with van der Waals surface area (Å²) < 4.78 is 54.3. The summed E-state index contributed by atoms with van der Waals surface area (Å²) in [5.41, 5.74) is 10.6. The molecule has 0 aromatic carbocycles. The first kappa shape index (κ1) is 27.8. The number of imidazole rings is 1. The Hall–Kier alpha value is -1.79. The van der Waals surface area contributed by atoms with Crippen LogP contribution in [0.25, 0.3) is 11.2 Å². The maximum Gasteiger partial charge on any atom is 0.698 e. The van der Waals surface area contributed by atoms with Gasteiger partial charge in [-0.3, -0.25) is 9.09 Å². The summed E-state index contributed by atoms with van der Waals surface area (Å²) in [7, 11) is -1.41. The minimum atomic E-state index is -4.00. The molecule has 2 unspecified atom stereocenters. The zero-order valence-electron chi connectivity index (χ0n) is 20.0. The molecule has 0 saturated carbocycles.